The van der Waals surface area contributed by atoms with Crippen molar-refractivity contribution in [3.05, 3.63) is 24.3 Å². The molecule has 1 aliphatic carbocycles. The maximum Gasteiger partial charge on any atom is 0.119 e. The van der Waals surface area contributed by atoms with Crippen LogP contribution in [0.5, 0.6) is 5.75 Å². The van der Waals surface area contributed by atoms with Crippen molar-refractivity contribution in [3.63, 3.8) is 0 Å². The van der Waals surface area contributed by atoms with E-state index in [4.69, 9.17) is 10.5 Å². The number of likely N-dealkylation sites (N-methyl/N-ethyl adjacent to an activating group) is 1. The molecule has 0 aliphatic heterocycles. The molecular weight excluding hydrogens is 224 g/mol. The van der Waals surface area contributed by atoms with Crippen LogP contribution in [0.3, 0.4) is 0 Å². The number of ether oxygens (including phenoxy) is 1. The zero-order valence-corrected chi connectivity index (χ0v) is 11.6. The Morgan fingerprint density at radius 3 is 2.39 bits per heavy atom. The number of nitrogens with two attached hydrogens (primary N) is 1. The molecule has 0 radical (unpaired) electrons. The van der Waals surface area contributed by atoms with E-state index in [9.17, 15) is 0 Å². The van der Waals surface area contributed by atoms with Crippen LogP contribution in [0.25, 0.3) is 0 Å². The predicted octanol–water partition coefficient (Wildman–Crippen LogP) is 2.79. The third-order valence-corrected chi connectivity index (χ3v) is 3.64. The SMILES string of the molecule is CC(C)Oc1ccc(N(C)C2CCCC2N)cc1. The van der Waals surface area contributed by atoms with Gasteiger partial charge in [0.15, 0.2) is 0 Å². The molecule has 1 aromatic rings. The van der Waals surface area contributed by atoms with Gasteiger partial charge in [0.05, 0.1) is 6.10 Å². The van der Waals surface area contributed by atoms with E-state index in [-0.39, 0.29) is 6.10 Å². The monoisotopic (exact) mass is 248 g/mol. The van der Waals surface area contributed by atoms with Gasteiger partial charge in [-0.05, 0) is 57.4 Å². The van der Waals surface area contributed by atoms with E-state index >= 15 is 0 Å². The summed E-state index contributed by atoms with van der Waals surface area (Å²) in [5, 5.41) is 0. The lowest BCUT2D eigenvalue weighted by molar-refractivity contribution is 0.242. The summed E-state index contributed by atoms with van der Waals surface area (Å²) < 4.78 is 5.65. The second-order valence-electron chi connectivity index (χ2n) is 5.43. The van der Waals surface area contributed by atoms with Crippen molar-refractivity contribution < 1.29 is 4.74 Å². The quantitative estimate of drug-likeness (QED) is 0.890. The Morgan fingerprint density at radius 1 is 1.22 bits per heavy atom. The Balaban J connectivity index is 2.04. The highest BCUT2D eigenvalue weighted by Gasteiger charge is 2.27. The molecule has 2 N–H and O–H groups in total. The summed E-state index contributed by atoms with van der Waals surface area (Å²) in [4.78, 5) is 2.30. The molecule has 3 nitrogen and oxygen atoms in total. The molecule has 1 aromatic carbocycles. The average Bonchev–Trinajstić information content (AvgIpc) is 2.75. The van der Waals surface area contributed by atoms with Crippen LogP contribution in [0.1, 0.15) is 33.1 Å². The minimum atomic E-state index is 0.219. The first-order valence-corrected chi connectivity index (χ1v) is 6.83. The zero-order chi connectivity index (χ0) is 13.1. The summed E-state index contributed by atoms with van der Waals surface area (Å²) in [5.74, 6) is 0.929. The van der Waals surface area contributed by atoms with Gasteiger partial charge in [0.25, 0.3) is 0 Å². The summed E-state index contributed by atoms with van der Waals surface area (Å²) in [6, 6.07) is 9.08. The smallest absolute Gasteiger partial charge is 0.119 e. The van der Waals surface area contributed by atoms with Crippen molar-refractivity contribution in [3.8, 4) is 5.75 Å². The third-order valence-electron chi connectivity index (χ3n) is 3.64. The van der Waals surface area contributed by atoms with Crippen molar-refractivity contribution in [2.45, 2.75) is 51.3 Å². The van der Waals surface area contributed by atoms with Crippen LogP contribution in [0.15, 0.2) is 24.3 Å². The second kappa shape index (κ2) is 5.61. The van der Waals surface area contributed by atoms with Crippen LogP contribution in [-0.4, -0.2) is 25.2 Å². The highest BCUT2D eigenvalue weighted by atomic mass is 16.5. The van der Waals surface area contributed by atoms with Crippen LogP contribution in [0.4, 0.5) is 5.69 Å². The molecule has 1 saturated carbocycles. The minimum Gasteiger partial charge on any atom is -0.491 e. The fourth-order valence-electron chi connectivity index (χ4n) is 2.67. The van der Waals surface area contributed by atoms with Crippen molar-refractivity contribution in [1.82, 2.24) is 0 Å². The molecule has 2 atom stereocenters. The van der Waals surface area contributed by atoms with Gasteiger partial charge < -0.3 is 15.4 Å². The molecule has 3 heteroatoms. The highest BCUT2D eigenvalue weighted by Crippen LogP contribution is 2.27. The summed E-state index contributed by atoms with van der Waals surface area (Å²) in [6.45, 7) is 4.08. The van der Waals surface area contributed by atoms with Crippen molar-refractivity contribution in [1.29, 1.82) is 0 Å². The third kappa shape index (κ3) is 2.96. The molecule has 0 bridgehead atoms. The fourth-order valence-corrected chi connectivity index (χ4v) is 2.67. The van der Waals surface area contributed by atoms with E-state index in [1.165, 1.54) is 18.5 Å². The second-order valence-corrected chi connectivity index (χ2v) is 5.43. The van der Waals surface area contributed by atoms with Crippen molar-refractivity contribution in [2.24, 2.45) is 5.73 Å². The van der Waals surface area contributed by atoms with Gasteiger partial charge in [0, 0.05) is 24.8 Å². The van der Waals surface area contributed by atoms with E-state index in [0.29, 0.717) is 12.1 Å². The van der Waals surface area contributed by atoms with Crippen LogP contribution in [-0.2, 0) is 0 Å². The van der Waals surface area contributed by atoms with E-state index in [1.54, 1.807) is 0 Å². The van der Waals surface area contributed by atoms with E-state index < -0.39 is 0 Å². The molecule has 100 valence electrons. The van der Waals surface area contributed by atoms with Crippen LogP contribution in [0.2, 0.25) is 0 Å². The van der Waals surface area contributed by atoms with Crippen molar-refractivity contribution >= 4 is 5.69 Å². The summed E-state index contributed by atoms with van der Waals surface area (Å²) >= 11 is 0. The number of hydrogen-bond donors (Lipinski definition) is 1. The lowest BCUT2D eigenvalue weighted by atomic mass is 10.1. The summed E-state index contributed by atoms with van der Waals surface area (Å²) in [6.07, 6.45) is 3.80. The number of anilines is 1. The van der Waals surface area contributed by atoms with Crippen LogP contribution >= 0.6 is 0 Å². The molecule has 1 aliphatic rings. The molecule has 18 heavy (non-hydrogen) atoms. The van der Waals surface area contributed by atoms with Gasteiger partial charge >= 0.3 is 0 Å². The minimum absolute atomic E-state index is 0.219. The summed E-state index contributed by atoms with van der Waals surface area (Å²) in [5.41, 5.74) is 7.36. The molecule has 0 amide bonds. The van der Waals surface area contributed by atoms with Gasteiger partial charge in [0.2, 0.25) is 0 Å². The van der Waals surface area contributed by atoms with Crippen molar-refractivity contribution in [2.75, 3.05) is 11.9 Å². The number of nitrogens with zero attached hydrogens (tertiary/aromatic N) is 1. The largest absolute Gasteiger partial charge is 0.491 e. The number of benzene rings is 1. The first kappa shape index (κ1) is 13.2. The van der Waals surface area contributed by atoms with Gasteiger partial charge in [0.1, 0.15) is 5.75 Å². The van der Waals surface area contributed by atoms with Gasteiger partial charge in [-0.15, -0.1) is 0 Å². The number of hydrogen-bond acceptors (Lipinski definition) is 3. The topological polar surface area (TPSA) is 38.5 Å². The molecule has 0 heterocycles. The molecule has 0 spiro atoms. The average molecular weight is 248 g/mol. The van der Waals surface area contributed by atoms with E-state index in [0.717, 1.165) is 12.2 Å². The Morgan fingerprint density at radius 2 is 1.89 bits per heavy atom. The van der Waals surface area contributed by atoms with Gasteiger partial charge in [-0.2, -0.15) is 0 Å². The standard InChI is InChI=1S/C15H24N2O/c1-11(2)18-13-9-7-12(8-10-13)17(3)15-6-4-5-14(15)16/h7-11,14-15H,4-6,16H2,1-3H3. The maximum absolute atomic E-state index is 6.15. The van der Waals surface area contributed by atoms with E-state index in [2.05, 4.69) is 24.1 Å². The van der Waals surface area contributed by atoms with Gasteiger partial charge in [-0.1, -0.05) is 0 Å². The molecule has 0 saturated heterocycles. The zero-order valence-electron chi connectivity index (χ0n) is 11.6. The highest BCUT2D eigenvalue weighted by molar-refractivity contribution is 5.49. The Kier molecular flexibility index (Phi) is 4.12. The van der Waals surface area contributed by atoms with Crippen LogP contribution in [0, 0.1) is 0 Å². The first-order chi connectivity index (χ1) is 8.58. The molecule has 2 unspecified atom stereocenters. The van der Waals surface area contributed by atoms with Gasteiger partial charge in [-0.25, -0.2) is 0 Å². The lowest BCUT2D eigenvalue weighted by Gasteiger charge is -2.30. The lowest BCUT2D eigenvalue weighted by Crippen LogP contribution is -2.42. The van der Waals surface area contributed by atoms with E-state index in [1.807, 2.05) is 26.0 Å². The fraction of sp³-hybridized carbons (Fsp3) is 0.600. The number of rotatable bonds is 4. The Bertz CT molecular complexity index is 375. The molecule has 2 rings (SSSR count). The summed E-state index contributed by atoms with van der Waals surface area (Å²) in [7, 11) is 2.13. The Hall–Kier alpha value is -1.22. The van der Waals surface area contributed by atoms with Crippen LogP contribution < -0.4 is 15.4 Å². The molecular formula is C15H24N2O. The molecule has 1 fully saturated rings. The maximum atomic E-state index is 6.15. The predicted molar refractivity (Wildman–Crippen MR) is 76.2 cm³/mol. The first-order valence-electron chi connectivity index (χ1n) is 6.83. The normalized spacial score (nSPS) is 23.4. The Labute approximate surface area is 110 Å². The molecule has 0 aromatic heterocycles. The van der Waals surface area contributed by atoms with Gasteiger partial charge in [-0.3, -0.25) is 0 Å².